The van der Waals surface area contributed by atoms with Gasteiger partial charge in [0.05, 0.1) is 35.1 Å². The Labute approximate surface area is 233 Å². The van der Waals surface area contributed by atoms with E-state index in [2.05, 4.69) is 4.99 Å². The molecule has 0 N–H and O–H groups in total. The van der Waals surface area contributed by atoms with Crippen LogP contribution in [-0.4, -0.2) is 35.7 Å². The lowest BCUT2D eigenvalue weighted by atomic mass is 9.95. The Morgan fingerprint density at radius 2 is 1.68 bits per heavy atom. The van der Waals surface area contributed by atoms with Crippen LogP contribution in [-0.2, 0) is 19.1 Å². The first kappa shape index (κ1) is 28.5. The molecule has 40 heavy (non-hydrogen) atoms. The molecule has 0 radical (unpaired) electrons. The van der Waals surface area contributed by atoms with Crippen molar-refractivity contribution in [2.24, 2.45) is 4.99 Å². The van der Waals surface area contributed by atoms with E-state index in [-0.39, 0.29) is 23.5 Å². The van der Waals surface area contributed by atoms with E-state index in [0.717, 1.165) is 0 Å². The number of fused-ring (bicyclic) bond motifs is 1. The Morgan fingerprint density at radius 1 is 0.975 bits per heavy atom. The number of aromatic nitrogens is 1. The minimum atomic E-state index is -0.866. The molecule has 2 heterocycles. The van der Waals surface area contributed by atoms with Crippen LogP contribution in [0.3, 0.4) is 0 Å². The van der Waals surface area contributed by atoms with E-state index >= 15 is 0 Å². The summed E-state index contributed by atoms with van der Waals surface area (Å²) in [5.41, 5.74) is 1.55. The van der Waals surface area contributed by atoms with Gasteiger partial charge in [-0.1, -0.05) is 29.5 Å². The van der Waals surface area contributed by atoms with Crippen molar-refractivity contribution in [3.8, 4) is 17.2 Å². The number of carbonyl (C=O) groups is 3. The van der Waals surface area contributed by atoms with E-state index in [9.17, 15) is 19.2 Å². The third kappa shape index (κ3) is 6.04. The molecule has 0 amide bonds. The van der Waals surface area contributed by atoms with Crippen LogP contribution in [0.25, 0.3) is 6.08 Å². The van der Waals surface area contributed by atoms with Crippen molar-refractivity contribution in [2.75, 3.05) is 13.2 Å². The predicted molar refractivity (Wildman–Crippen MR) is 147 cm³/mol. The normalized spacial score (nSPS) is 14.7. The number of hydrogen-bond donors (Lipinski definition) is 0. The number of esters is 3. The summed E-state index contributed by atoms with van der Waals surface area (Å²) in [6, 6.07) is 10.8. The maximum absolute atomic E-state index is 13.8. The standard InChI is InChI=1S/C29H28N2O8S/c1-6-36-23-15-20(10-13-22(23)39-18(5)33)26-25(28(35)37-7-2)16(3)30-29-31(26)27(34)24(40-29)14-19-8-11-21(12-9-19)38-17(4)32/h8-15,26H,6-7H2,1-5H3/b24-14+/t26-/m1/s1. The first-order valence-corrected chi connectivity index (χ1v) is 13.4. The fourth-order valence-electron chi connectivity index (χ4n) is 4.26. The summed E-state index contributed by atoms with van der Waals surface area (Å²) in [5.74, 6) is -0.619. The summed E-state index contributed by atoms with van der Waals surface area (Å²) in [7, 11) is 0. The summed E-state index contributed by atoms with van der Waals surface area (Å²) in [6.07, 6.45) is 1.71. The zero-order valence-electron chi connectivity index (χ0n) is 22.7. The highest BCUT2D eigenvalue weighted by Crippen LogP contribution is 2.36. The topological polar surface area (TPSA) is 122 Å². The Hall–Kier alpha value is -4.51. The highest BCUT2D eigenvalue weighted by Gasteiger charge is 2.34. The van der Waals surface area contributed by atoms with Crippen LogP contribution in [0.5, 0.6) is 17.2 Å². The molecule has 0 fully saturated rings. The van der Waals surface area contributed by atoms with Gasteiger partial charge in [0, 0.05) is 13.8 Å². The molecule has 11 heteroatoms. The van der Waals surface area contributed by atoms with Crippen LogP contribution in [0.15, 0.2) is 63.5 Å². The van der Waals surface area contributed by atoms with Gasteiger partial charge in [-0.05, 0) is 62.2 Å². The molecule has 1 aliphatic rings. The highest BCUT2D eigenvalue weighted by molar-refractivity contribution is 7.07. The number of hydrogen-bond acceptors (Lipinski definition) is 10. The lowest BCUT2D eigenvalue weighted by Gasteiger charge is -2.25. The number of rotatable bonds is 8. The van der Waals surface area contributed by atoms with E-state index in [0.29, 0.717) is 44.3 Å². The number of nitrogens with zero attached hydrogens (tertiary/aromatic N) is 2. The second-order valence-electron chi connectivity index (χ2n) is 8.70. The van der Waals surface area contributed by atoms with Crippen LogP contribution in [0.2, 0.25) is 0 Å². The molecule has 1 atom stereocenters. The van der Waals surface area contributed by atoms with Gasteiger partial charge >= 0.3 is 17.9 Å². The lowest BCUT2D eigenvalue weighted by Crippen LogP contribution is -2.40. The Morgan fingerprint density at radius 3 is 2.30 bits per heavy atom. The van der Waals surface area contributed by atoms with Crippen molar-refractivity contribution in [1.82, 2.24) is 4.57 Å². The van der Waals surface area contributed by atoms with Gasteiger partial charge in [0.25, 0.3) is 5.56 Å². The van der Waals surface area contributed by atoms with Crippen molar-refractivity contribution in [1.29, 1.82) is 0 Å². The number of benzene rings is 2. The highest BCUT2D eigenvalue weighted by atomic mass is 32.1. The van der Waals surface area contributed by atoms with Crippen LogP contribution in [0.4, 0.5) is 0 Å². The second kappa shape index (κ2) is 12.1. The fourth-order valence-corrected chi connectivity index (χ4v) is 5.31. The van der Waals surface area contributed by atoms with Gasteiger partial charge < -0.3 is 18.9 Å². The molecule has 3 aromatic rings. The van der Waals surface area contributed by atoms with Gasteiger partial charge in [0.15, 0.2) is 16.3 Å². The molecule has 0 spiro atoms. The molecule has 0 saturated heterocycles. The number of ether oxygens (including phenoxy) is 4. The number of carbonyl (C=O) groups excluding carboxylic acids is 3. The second-order valence-corrected chi connectivity index (χ2v) is 9.71. The molecule has 4 rings (SSSR count). The number of thiazole rings is 1. The first-order chi connectivity index (χ1) is 19.1. The molecule has 0 bridgehead atoms. The molecule has 0 unspecified atom stereocenters. The van der Waals surface area contributed by atoms with Crippen molar-refractivity contribution in [3.05, 3.63) is 84.5 Å². The molecular weight excluding hydrogens is 536 g/mol. The third-order valence-corrected chi connectivity index (χ3v) is 6.78. The van der Waals surface area contributed by atoms with Gasteiger partial charge in [-0.25, -0.2) is 9.79 Å². The minimum Gasteiger partial charge on any atom is -0.490 e. The third-order valence-electron chi connectivity index (χ3n) is 5.79. The summed E-state index contributed by atoms with van der Waals surface area (Å²) >= 11 is 1.18. The first-order valence-electron chi connectivity index (χ1n) is 12.6. The van der Waals surface area contributed by atoms with Gasteiger partial charge in [-0.2, -0.15) is 0 Å². The monoisotopic (exact) mass is 564 g/mol. The smallest absolute Gasteiger partial charge is 0.338 e. The molecule has 0 saturated carbocycles. The van der Waals surface area contributed by atoms with Crippen LogP contribution in [0, 0.1) is 0 Å². The summed E-state index contributed by atoms with van der Waals surface area (Å²) in [5, 5.41) is 0. The molecular formula is C29H28N2O8S. The van der Waals surface area contributed by atoms with Crippen LogP contribution < -0.4 is 29.1 Å². The van der Waals surface area contributed by atoms with Gasteiger partial charge in [0.2, 0.25) is 0 Å². The van der Waals surface area contributed by atoms with E-state index in [1.165, 1.54) is 29.8 Å². The molecule has 10 nitrogen and oxygen atoms in total. The largest absolute Gasteiger partial charge is 0.490 e. The Kier molecular flexibility index (Phi) is 8.64. The molecule has 1 aliphatic heterocycles. The van der Waals surface area contributed by atoms with Crippen molar-refractivity contribution >= 4 is 35.3 Å². The molecule has 2 aromatic carbocycles. The Balaban J connectivity index is 1.89. The summed E-state index contributed by atoms with van der Waals surface area (Å²) < 4.78 is 23.3. The minimum absolute atomic E-state index is 0.145. The zero-order chi connectivity index (χ0) is 29.0. The van der Waals surface area contributed by atoms with Gasteiger partial charge in [-0.15, -0.1) is 0 Å². The summed E-state index contributed by atoms with van der Waals surface area (Å²) in [4.78, 5) is 54.8. The maximum atomic E-state index is 13.8. The predicted octanol–water partition coefficient (Wildman–Crippen LogP) is 3.05. The maximum Gasteiger partial charge on any atom is 0.338 e. The van der Waals surface area contributed by atoms with Crippen LogP contribution in [0.1, 0.15) is 51.8 Å². The van der Waals surface area contributed by atoms with E-state index in [4.69, 9.17) is 18.9 Å². The van der Waals surface area contributed by atoms with E-state index in [1.54, 1.807) is 69.3 Å². The fraction of sp³-hybridized carbons (Fsp3) is 0.276. The quantitative estimate of drug-likeness (QED) is 0.302. The lowest BCUT2D eigenvalue weighted by molar-refractivity contribution is -0.139. The van der Waals surface area contributed by atoms with E-state index in [1.807, 2.05) is 0 Å². The van der Waals surface area contributed by atoms with Gasteiger partial charge in [0.1, 0.15) is 5.75 Å². The molecule has 0 aliphatic carbocycles. The van der Waals surface area contributed by atoms with Crippen LogP contribution >= 0.6 is 11.3 Å². The van der Waals surface area contributed by atoms with Crippen molar-refractivity contribution in [2.45, 2.75) is 40.7 Å². The SMILES string of the molecule is CCOC(=O)C1=C(C)N=c2s/c(=C/c3ccc(OC(C)=O)cc3)c(=O)n2[C@@H]1c1ccc(OC(C)=O)c(OCC)c1. The Bertz CT molecular complexity index is 1680. The average Bonchev–Trinajstić information content (AvgIpc) is 3.19. The molecule has 1 aromatic heterocycles. The summed E-state index contributed by atoms with van der Waals surface area (Å²) in [6.45, 7) is 8.24. The molecule has 208 valence electrons. The van der Waals surface area contributed by atoms with E-state index < -0.39 is 23.9 Å². The van der Waals surface area contributed by atoms with Crippen molar-refractivity contribution < 1.29 is 33.3 Å². The zero-order valence-corrected chi connectivity index (χ0v) is 23.5. The number of allylic oxidation sites excluding steroid dienone is 1. The average molecular weight is 565 g/mol. The van der Waals surface area contributed by atoms with Gasteiger partial charge in [-0.3, -0.25) is 19.0 Å². The van der Waals surface area contributed by atoms with Crippen molar-refractivity contribution in [3.63, 3.8) is 0 Å².